The Morgan fingerprint density at radius 3 is 2.80 bits per heavy atom. The number of aromatic nitrogens is 1. The number of nitrogens with zero attached hydrogens (tertiary/aromatic N) is 1. The van der Waals surface area contributed by atoms with Crippen LogP contribution in [0.2, 0.25) is 0 Å². The lowest BCUT2D eigenvalue weighted by atomic mass is 10.2. The molecule has 1 aromatic heterocycles. The summed E-state index contributed by atoms with van der Waals surface area (Å²) in [6, 6.07) is 0. The lowest BCUT2D eigenvalue weighted by molar-refractivity contribution is 0.445. The number of rotatable bonds is 4. The summed E-state index contributed by atoms with van der Waals surface area (Å²) in [5.74, 6) is 0. The van der Waals surface area contributed by atoms with Crippen LogP contribution in [0, 0.1) is 6.92 Å². The zero-order chi connectivity index (χ0) is 11.4. The smallest absolute Gasteiger partial charge is 0.265 e. The van der Waals surface area contributed by atoms with Crippen LogP contribution in [0.1, 0.15) is 18.4 Å². The molecular formula is C10H14BrFN2O. The van der Waals surface area contributed by atoms with E-state index in [1.54, 1.807) is 13.1 Å². The Morgan fingerprint density at radius 1 is 1.53 bits per heavy atom. The quantitative estimate of drug-likeness (QED) is 0.858. The average Bonchev–Trinajstić information content (AvgIpc) is 2.23. The third-order valence-electron chi connectivity index (χ3n) is 2.29. The molecular weight excluding hydrogens is 263 g/mol. The fraction of sp³-hybridized carbons (Fsp3) is 0.500. The number of halogens is 2. The van der Waals surface area contributed by atoms with Gasteiger partial charge in [0.15, 0.2) is 0 Å². The van der Waals surface area contributed by atoms with Gasteiger partial charge in [0, 0.05) is 12.7 Å². The highest BCUT2D eigenvalue weighted by molar-refractivity contribution is 9.10. The van der Waals surface area contributed by atoms with E-state index in [4.69, 9.17) is 5.73 Å². The number of hydrogen-bond acceptors (Lipinski definition) is 2. The first-order valence-electron chi connectivity index (χ1n) is 4.79. The van der Waals surface area contributed by atoms with E-state index in [-0.39, 0.29) is 12.2 Å². The summed E-state index contributed by atoms with van der Waals surface area (Å²) in [7, 11) is 0. The molecule has 3 nitrogen and oxygen atoms in total. The Kier molecular flexibility index (Phi) is 4.32. The second-order valence-corrected chi connectivity index (χ2v) is 4.21. The third-order valence-corrected chi connectivity index (χ3v) is 3.22. The normalized spacial score (nSPS) is 10.6. The van der Waals surface area contributed by atoms with E-state index in [0.29, 0.717) is 29.5 Å². The van der Waals surface area contributed by atoms with Crippen LogP contribution in [0.5, 0.6) is 0 Å². The summed E-state index contributed by atoms with van der Waals surface area (Å²) in [5.41, 5.74) is 6.94. The maximum Gasteiger partial charge on any atom is 0.265 e. The van der Waals surface area contributed by atoms with Crippen molar-refractivity contribution in [2.45, 2.75) is 26.3 Å². The Balaban J connectivity index is 2.94. The fourth-order valence-corrected chi connectivity index (χ4v) is 1.74. The minimum atomic E-state index is -0.350. The highest BCUT2D eigenvalue weighted by Gasteiger charge is 2.07. The first-order valence-corrected chi connectivity index (χ1v) is 5.58. The molecule has 1 heterocycles. The summed E-state index contributed by atoms with van der Waals surface area (Å²) in [6.45, 7) is 1.94. The van der Waals surface area contributed by atoms with Gasteiger partial charge in [0.1, 0.15) is 0 Å². The minimum absolute atomic E-state index is 0.111. The van der Waals surface area contributed by atoms with Gasteiger partial charge in [-0.25, -0.2) is 0 Å². The molecule has 0 saturated carbocycles. The zero-order valence-corrected chi connectivity index (χ0v) is 10.2. The maximum absolute atomic E-state index is 11.9. The van der Waals surface area contributed by atoms with Crippen LogP contribution < -0.4 is 11.3 Å². The lowest BCUT2D eigenvalue weighted by Gasteiger charge is -2.09. The van der Waals surface area contributed by atoms with E-state index in [1.165, 1.54) is 4.57 Å². The van der Waals surface area contributed by atoms with Crippen LogP contribution in [0.4, 0.5) is 10.1 Å². The highest BCUT2D eigenvalue weighted by Crippen LogP contribution is 2.17. The van der Waals surface area contributed by atoms with Gasteiger partial charge >= 0.3 is 0 Å². The van der Waals surface area contributed by atoms with Crippen molar-refractivity contribution < 1.29 is 4.39 Å². The summed E-state index contributed by atoms with van der Waals surface area (Å²) in [4.78, 5) is 11.7. The molecule has 0 aliphatic rings. The molecule has 15 heavy (non-hydrogen) atoms. The molecule has 0 saturated heterocycles. The number of nitrogens with two attached hydrogens (primary N) is 1. The third kappa shape index (κ3) is 2.81. The Hall–Kier alpha value is -0.840. The highest BCUT2D eigenvalue weighted by atomic mass is 79.9. The molecule has 0 aromatic carbocycles. The summed E-state index contributed by atoms with van der Waals surface area (Å²) >= 11 is 3.20. The van der Waals surface area contributed by atoms with Crippen molar-refractivity contribution >= 4 is 21.6 Å². The van der Waals surface area contributed by atoms with Crippen LogP contribution in [0.15, 0.2) is 15.5 Å². The Morgan fingerprint density at radius 2 is 2.20 bits per heavy atom. The molecule has 0 unspecified atom stereocenters. The Labute approximate surface area is 96.2 Å². The minimum Gasteiger partial charge on any atom is -0.397 e. The maximum atomic E-state index is 11.9. The molecule has 2 N–H and O–H groups in total. The molecule has 1 aromatic rings. The number of unbranched alkanes of at least 4 members (excludes halogenated alkanes) is 1. The van der Waals surface area contributed by atoms with Gasteiger partial charge in [0.2, 0.25) is 0 Å². The van der Waals surface area contributed by atoms with E-state index >= 15 is 0 Å². The molecule has 5 heteroatoms. The van der Waals surface area contributed by atoms with Gasteiger partial charge in [-0.05, 0) is 41.3 Å². The van der Waals surface area contributed by atoms with E-state index in [1.807, 2.05) is 0 Å². The first-order chi connectivity index (χ1) is 7.07. The van der Waals surface area contributed by atoms with Crippen molar-refractivity contribution in [1.29, 1.82) is 0 Å². The predicted octanol–water partition coefficient (Wildman–Crippen LogP) is 2.25. The van der Waals surface area contributed by atoms with E-state index < -0.39 is 0 Å². The average molecular weight is 277 g/mol. The molecule has 0 radical (unpaired) electrons. The molecule has 0 atom stereocenters. The van der Waals surface area contributed by atoms with Crippen LogP contribution in [-0.4, -0.2) is 11.2 Å². The number of anilines is 1. The second kappa shape index (κ2) is 5.30. The van der Waals surface area contributed by atoms with Crippen molar-refractivity contribution in [3.63, 3.8) is 0 Å². The number of hydrogen-bond donors (Lipinski definition) is 1. The molecule has 0 fully saturated rings. The van der Waals surface area contributed by atoms with Crippen LogP contribution in [0.3, 0.4) is 0 Å². The first kappa shape index (κ1) is 12.2. The van der Waals surface area contributed by atoms with E-state index in [9.17, 15) is 9.18 Å². The van der Waals surface area contributed by atoms with Crippen LogP contribution >= 0.6 is 15.9 Å². The van der Waals surface area contributed by atoms with Crippen molar-refractivity contribution in [2.75, 3.05) is 12.4 Å². The van der Waals surface area contributed by atoms with Gasteiger partial charge in [-0.1, -0.05) is 0 Å². The number of pyridine rings is 1. The van der Waals surface area contributed by atoms with Gasteiger partial charge in [-0.15, -0.1) is 0 Å². The molecule has 0 spiro atoms. The molecule has 0 amide bonds. The summed E-state index contributed by atoms with van der Waals surface area (Å²) in [5, 5.41) is 0. The molecule has 1 rings (SSSR count). The van der Waals surface area contributed by atoms with Crippen molar-refractivity contribution in [2.24, 2.45) is 0 Å². The molecule has 0 aliphatic carbocycles. The van der Waals surface area contributed by atoms with Crippen molar-refractivity contribution in [3.8, 4) is 0 Å². The zero-order valence-electron chi connectivity index (χ0n) is 8.59. The number of alkyl halides is 1. The monoisotopic (exact) mass is 276 g/mol. The fourth-order valence-electron chi connectivity index (χ4n) is 1.28. The standard InChI is InChI=1S/C10H14BrFN2O/c1-7-8(13)6-14(5-3-2-4-12)10(15)9(7)11/h6H,2-5,13H2,1H3. The second-order valence-electron chi connectivity index (χ2n) is 3.42. The topological polar surface area (TPSA) is 48.0 Å². The summed E-state index contributed by atoms with van der Waals surface area (Å²) in [6.07, 6.45) is 2.73. The SMILES string of the molecule is Cc1c(N)cn(CCCCF)c(=O)c1Br. The van der Waals surface area contributed by atoms with E-state index in [0.717, 1.165) is 5.56 Å². The Bertz CT molecular complexity index is 403. The number of nitrogen functional groups attached to an aromatic ring is 1. The number of aryl methyl sites for hydroxylation is 1. The predicted molar refractivity (Wildman–Crippen MR) is 62.8 cm³/mol. The molecule has 84 valence electrons. The van der Waals surface area contributed by atoms with Gasteiger partial charge in [0.05, 0.1) is 16.8 Å². The van der Waals surface area contributed by atoms with Gasteiger partial charge in [-0.3, -0.25) is 9.18 Å². The van der Waals surface area contributed by atoms with Gasteiger partial charge in [0.25, 0.3) is 5.56 Å². The van der Waals surface area contributed by atoms with Crippen molar-refractivity contribution in [1.82, 2.24) is 4.57 Å². The van der Waals surface area contributed by atoms with Crippen LogP contribution in [-0.2, 0) is 6.54 Å². The van der Waals surface area contributed by atoms with Gasteiger partial charge in [-0.2, -0.15) is 0 Å². The van der Waals surface area contributed by atoms with Gasteiger partial charge < -0.3 is 10.3 Å². The largest absolute Gasteiger partial charge is 0.397 e. The van der Waals surface area contributed by atoms with E-state index in [2.05, 4.69) is 15.9 Å². The van der Waals surface area contributed by atoms with Crippen molar-refractivity contribution in [3.05, 3.63) is 26.6 Å². The van der Waals surface area contributed by atoms with Crippen LogP contribution in [0.25, 0.3) is 0 Å². The summed E-state index contributed by atoms with van der Waals surface area (Å²) < 4.78 is 13.9. The molecule has 0 bridgehead atoms. The molecule has 0 aliphatic heterocycles. The lowest BCUT2D eigenvalue weighted by Crippen LogP contribution is -2.22.